The van der Waals surface area contributed by atoms with Gasteiger partial charge in [0.15, 0.2) is 6.29 Å². The Bertz CT molecular complexity index is 535. The average molecular weight is 374 g/mol. The highest BCUT2D eigenvalue weighted by atomic mass is 16.7. The van der Waals surface area contributed by atoms with Crippen LogP contribution in [0.25, 0.3) is 0 Å². The zero-order chi connectivity index (χ0) is 19.3. The van der Waals surface area contributed by atoms with Crippen LogP contribution in [-0.2, 0) is 9.47 Å². The number of rotatable bonds is 3. The first-order chi connectivity index (χ1) is 12.1. The van der Waals surface area contributed by atoms with E-state index in [-0.39, 0.29) is 18.3 Å². The van der Waals surface area contributed by atoms with Gasteiger partial charge >= 0.3 is 0 Å². The zero-order valence-electron chi connectivity index (χ0n) is 15.1. The van der Waals surface area contributed by atoms with Crippen LogP contribution in [0.15, 0.2) is 12.2 Å². The third kappa shape index (κ3) is 3.45. The SMILES string of the molecule is CC1(O[C@@H]2O[C@H](CO)[C@@H](O)[C@H](O)[C@H]2O)C[C@H](O)C=C[C@@H]2[C@@H]1CC[C@@]2(C)O. The second-order valence-electron chi connectivity index (χ2n) is 8.31. The van der Waals surface area contributed by atoms with Crippen LogP contribution >= 0.6 is 0 Å². The van der Waals surface area contributed by atoms with E-state index in [1.165, 1.54) is 0 Å². The molecule has 8 heteroatoms. The lowest BCUT2D eigenvalue weighted by atomic mass is 9.77. The highest BCUT2D eigenvalue weighted by molar-refractivity contribution is 5.14. The Morgan fingerprint density at radius 1 is 1.08 bits per heavy atom. The van der Waals surface area contributed by atoms with Crippen molar-refractivity contribution in [2.75, 3.05) is 6.61 Å². The largest absolute Gasteiger partial charge is 0.394 e. The fraction of sp³-hybridized carbons (Fsp3) is 0.889. The molecule has 8 nitrogen and oxygen atoms in total. The molecule has 3 aliphatic rings. The number of aliphatic hydroxyl groups excluding tert-OH is 5. The van der Waals surface area contributed by atoms with E-state index in [0.717, 1.165) is 0 Å². The number of aliphatic hydroxyl groups is 6. The first kappa shape index (κ1) is 20.2. The van der Waals surface area contributed by atoms with Crippen LogP contribution in [0.4, 0.5) is 0 Å². The van der Waals surface area contributed by atoms with Crippen molar-refractivity contribution in [3.8, 4) is 0 Å². The van der Waals surface area contributed by atoms with E-state index < -0.39 is 54.6 Å². The molecule has 0 amide bonds. The molecule has 6 N–H and O–H groups in total. The molecule has 0 aromatic heterocycles. The summed E-state index contributed by atoms with van der Waals surface area (Å²) in [6.07, 6.45) is -2.64. The predicted molar refractivity (Wildman–Crippen MR) is 89.9 cm³/mol. The standard InChI is InChI=1S/C18H30O8/c1-17(24)6-5-11-10(17)4-3-9(20)7-18(11,2)26-16-15(23)14(22)13(21)12(8-19)25-16/h3-4,9-16,19-24H,5-8H2,1-2H3/t9-,10-,11+,12-,13-,14+,15-,16+,17-,18?/m1/s1. The van der Waals surface area contributed by atoms with Crippen molar-refractivity contribution in [2.45, 2.75) is 81.1 Å². The van der Waals surface area contributed by atoms with Crippen molar-refractivity contribution >= 4 is 0 Å². The maximum Gasteiger partial charge on any atom is 0.187 e. The Hall–Kier alpha value is -0.580. The van der Waals surface area contributed by atoms with Crippen molar-refractivity contribution in [3.63, 3.8) is 0 Å². The molecule has 10 atom stereocenters. The van der Waals surface area contributed by atoms with Crippen molar-refractivity contribution in [1.82, 2.24) is 0 Å². The zero-order valence-corrected chi connectivity index (χ0v) is 15.1. The summed E-state index contributed by atoms with van der Waals surface area (Å²) in [4.78, 5) is 0. The minimum absolute atomic E-state index is 0.127. The molecule has 0 radical (unpaired) electrons. The Labute approximate surface area is 152 Å². The van der Waals surface area contributed by atoms with Gasteiger partial charge in [0.25, 0.3) is 0 Å². The van der Waals surface area contributed by atoms with Gasteiger partial charge in [0, 0.05) is 12.3 Å². The molecule has 1 saturated carbocycles. The van der Waals surface area contributed by atoms with Gasteiger partial charge in [-0.25, -0.2) is 0 Å². The number of ether oxygens (including phenoxy) is 2. The van der Waals surface area contributed by atoms with Crippen LogP contribution in [0.1, 0.15) is 33.1 Å². The Balaban J connectivity index is 1.84. The van der Waals surface area contributed by atoms with Gasteiger partial charge in [-0.15, -0.1) is 0 Å². The Kier molecular flexibility index (Phi) is 5.51. The Morgan fingerprint density at radius 3 is 2.42 bits per heavy atom. The molecule has 0 bridgehead atoms. The van der Waals surface area contributed by atoms with Crippen LogP contribution in [0.2, 0.25) is 0 Å². The Morgan fingerprint density at radius 2 is 1.77 bits per heavy atom. The minimum atomic E-state index is -1.52. The fourth-order valence-corrected chi connectivity index (χ4v) is 4.70. The second-order valence-corrected chi connectivity index (χ2v) is 8.31. The molecule has 1 heterocycles. The van der Waals surface area contributed by atoms with Gasteiger partial charge in [-0.05, 0) is 32.6 Å². The van der Waals surface area contributed by atoms with Crippen molar-refractivity contribution in [3.05, 3.63) is 12.2 Å². The van der Waals surface area contributed by atoms with Crippen molar-refractivity contribution < 1.29 is 40.1 Å². The summed E-state index contributed by atoms with van der Waals surface area (Å²) in [5.41, 5.74) is -1.87. The van der Waals surface area contributed by atoms with E-state index in [2.05, 4.69) is 0 Å². The molecule has 0 aromatic carbocycles. The van der Waals surface area contributed by atoms with Gasteiger partial charge in [0.2, 0.25) is 0 Å². The molecular weight excluding hydrogens is 344 g/mol. The van der Waals surface area contributed by atoms with Gasteiger partial charge < -0.3 is 40.1 Å². The average Bonchev–Trinajstić information content (AvgIpc) is 2.81. The first-order valence-corrected chi connectivity index (χ1v) is 9.16. The molecule has 26 heavy (non-hydrogen) atoms. The van der Waals surface area contributed by atoms with Crippen molar-refractivity contribution in [1.29, 1.82) is 0 Å². The molecule has 3 rings (SSSR count). The van der Waals surface area contributed by atoms with E-state index in [9.17, 15) is 30.6 Å². The lowest BCUT2D eigenvalue weighted by Gasteiger charge is -2.46. The van der Waals surface area contributed by atoms with Crippen LogP contribution in [0.5, 0.6) is 0 Å². The summed E-state index contributed by atoms with van der Waals surface area (Å²) in [5.74, 6) is -0.354. The summed E-state index contributed by atoms with van der Waals surface area (Å²) in [6, 6.07) is 0. The number of hydrogen-bond acceptors (Lipinski definition) is 8. The first-order valence-electron chi connectivity index (χ1n) is 9.16. The predicted octanol–water partition coefficient (Wildman–Crippen LogP) is -1.34. The molecule has 2 aliphatic carbocycles. The summed E-state index contributed by atoms with van der Waals surface area (Å²) in [7, 11) is 0. The molecule has 1 saturated heterocycles. The lowest BCUT2D eigenvalue weighted by molar-refractivity contribution is -0.333. The smallest absolute Gasteiger partial charge is 0.187 e. The van der Waals surface area contributed by atoms with Crippen LogP contribution in [0.3, 0.4) is 0 Å². The topological polar surface area (TPSA) is 140 Å². The van der Waals surface area contributed by atoms with E-state index in [4.69, 9.17) is 9.47 Å². The second kappa shape index (κ2) is 7.10. The van der Waals surface area contributed by atoms with Gasteiger partial charge in [0.1, 0.15) is 24.4 Å². The van der Waals surface area contributed by atoms with Crippen LogP contribution < -0.4 is 0 Å². The molecule has 0 aromatic rings. The van der Waals surface area contributed by atoms with E-state index in [0.29, 0.717) is 12.8 Å². The minimum Gasteiger partial charge on any atom is -0.394 e. The van der Waals surface area contributed by atoms with Crippen molar-refractivity contribution in [2.24, 2.45) is 11.8 Å². The van der Waals surface area contributed by atoms with Gasteiger partial charge in [-0.1, -0.05) is 12.2 Å². The monoisotopic (exact) mass is 374 g/mol. The molecule has 150 valence electrons. The highest BCUT2D eigenvalue weighted by Crippen LogP contribution is 2.51. The van der Waals surface area contributed by atoms with Gasteiger partial charge in [0.05, 0.1) is 23.9 Å². The third-order valence-electron chi connectivity index (χ3n) is 6.29. The molecule has 2 fully saturated rings. The molecule has 1 aliphatic heterocycles. The maximum absolute atomic E-state index is 10.7. The highest BCUT2D eigenvalue weighted by Gasteiger charge is 2.55. The maximum atomic E-state index is 10.7. The lowest BCUT2D eigenvalue weighted by Crippen LogP contribution is -2.61. The molecule has 0 spiro atoms. The summed E-state index contributed by atoms with van der Waals surface area (Å²) in [5, 5.41) is 60.5. The summed E-state index contributed by atoms with van der Waals surface area (Å²) in [6.45, 7) is 3.02. The molecule has 1 unspecified atom stereocenters. The quantitative estimate of drug-likeness (QED) is 0.334. The number of hydrogen-bond donors (Lipinski definition) is 6. The van der Waals surface area contributed by atoms with Gasteiger partial charge in [-0.2, -0.15) is 0 Å². The van der Waals surface area contributed by atoms with Crippen LogP contribution in [0, 0.1) is 11.8 Å². The van der Waals surface area contributed by atoms with E-state index in [1.807, 2.05) is 6.08 Å². The number of fused-ring (bicyclic) bond motifs is 1. The fourth-order valence-electron chi connectivity index (χ4n) is 4.70. The van der Waals surface area contributed by atoms with Crippen LogP contribution in [-0.4, -0.2) is 85.3 Å². The van der Waals surface area contributed by atoms with Gasteiger partial charge in [-0.3, -0.25) is 0 Å². The summed E-state index contributed by atoms with van der Waals surface area (Å²) < 4.78 is 11.6. The normalized spacial score (nSPS) is 54.8. The van der Waals surface area contributed by atoms with E-state index in [1.54, 1.807) is 19.9 Å². The van der Waals surface area contributed by atoms with E-state index >= 15 is 0 Å². The summed E-state index contributed by atoms with van der Waals surface area (Å²) >= 11 is 0. The third-order valence-corrected chi connectivity index (χ3v) is 6.29. The molecular formula is C18H30O8.